The fourth-order valence-electron chi connectivity index (χ4n) is 3.01. The zero-order chi connectivity index (χ0) is 20.2. The Morgan fingerprint density at radius 3 is 1.31 bits per heavy atom. The van der Waals surface area contributed by atoms with Crippen LogP contribution in [0, 0.1) is 0 Å². The van der Waals surface area contributed by atoms with Gasteiger partial charge in [-0.25, -0.2) is 0 Å². The predicted octanol–water partition coefficient (Wildman–Crippen LogP) is 2.15. The van der Waals surface area contributed by atoms with E-state index >= 15 is 0 Å². The molecule has 0 aromatic rings. The second-order valence-corrected chi connectivity index (χ2v) is 12.3. The summed E-state index contributed by atoms with van der Waals surface area (Å²) in [6.45, 7) is 1.59. The summed E-state index contributed by atoms with van der Waals surface area (Å²) < 4.78 is 32.8. The maximum Gasteiger partial charge on any atom is 0.500 e. The quantitative estimate of drug-likeness (QED) is 0.382. The number of rotatable bonds is 15. The van der Waals surface area contributed by atoms with Crippen molar-refractivity contribution in [2.75, 3.05) is 49.7 Å². The Morgan fingerprint density at radius 1 is 0.769 bits per heavy atom. The van der Waals surface area contributed by atoms with Crippen LogP contribution in [0.1, 0.15) is 32.6 Å². The Hall–Kier alpha value is -0.336. The van der Waals surface area contributed by atoms with E-state index < -0.39 is 17.6 Å². The molecule has 0 bridgehead atoms. The summed E-state index contributed by atoms with van der Waals surface area (Å²) in [6, 6.07) is 1.55. The van der Waals surface area contributed by atoms with Crippen LogP contribution in [0.15, 0.2) is 0 Å². The molecule has 1 amide bonds. The van der Waals surface area contributed by atoms with Crippen LogP contribution in [0.3, 0.4) is 0 Å². The first-order valence-corrected chi connectivity index (χ1v) is 12.7. The van der Waals surface area contributed by atoms with E-state index in [4.69, 9.17) is 26.6 Å². The van der Waals surface area contributed by atoms with Crippen LogP contribution in [0.5, 0.6) is 0 Å². The first kappa shape index (κ1) is 25.7. The van der Waals surface area contributed by atoms with Crippen LogP contribution < -0.4 is 0 Å². The van der Waals surface area contributed by atoms with Crippen molar-refractivity contribution in [2.45, 2.75) is 50.7 Å². The Bertz CT molecular complexity index is 350. The summed E-state index contributed by atoms with van der Waals surface area (Å²) in [4.78, 5) is 13.6. The summed E-state index contributed by atoms with van der Waals surface area (Å²) in [6.07, 6.45) is 3.40. The van der Waals surface area contributed by atoms with Gasteiger partial charge in [-0.05, 0) is 25.7 Å². The van der Waals surface area contributed by atoms with Gasteiger partial charge in [0.2, 0.25) is 5.91 Å². The third kappa shape index (κ3) is 7.73. The number of hydrogen-bond acceptors (Lipinski definition) is 7. The first-order valence-electron chi connectivity index (χ1n) is 8.83. The van der Waals surface area contributed by atoms with Crippen LogP contribution in [-0.4, -0.2) is 84.2 Å². The highest BCUT2D eigenvalue weighted by atomic mass is 28.4. The minimum atomic E-state index is -2.58. The van der Waals surface area contributed by atoms with Crippen molar-refractivity contribution in [1.29, 1.82) is 0 Å². The van der Waals surface area contributed by atoms with Crippen molar-refractivity contribution < 1.29 is 31.4 Å². The van der Waals surface area contributed by atoms with Crippen LogP contribution in [0.4, 0.5) is 0 Å². The first-order chi connectivity index (χ1) is 12.3. The summed E-state index contributed by atoms with van der Waals surface area (Å²) in [5.74, 6) is 0.0532. The Balaban J connectivity index is 4.75. The van der Waals surface area contributed by atoms with Gasteiger partial charge in [0.15, 0.2) is 0 Å². The molecule has 0 aromatic heterocycles. The smallest absolute Gasteiger partial charge is 0.377 e. The molecule has 156 valence electrons. The molecule has 0 aliphatic heterocycles. The van der Waals surface area contributed by atoms with Crippen LogP contribution in [-0.2, 0) is 31.4 Å². The molecule has 0 spiro atoms. The molecule has 0 saturated carbocycles. The average molecular weight is 412 g/mol. The second-order valence-electron chi connectivity index (χ2n) is 6.16. The summed E-state index contributed by atoms with van der Waals surface area (Å²) in [5.41, 5.74) is 0. The highest BCUT2D eigenvalue weighted by Crippen LogP contribution is 2.23. The molecule has 26 heavy (non-hydrogen) atoms. The van der Waals surface area contributed by atoms with E-state index in [-0.39, 0.29) is 11.9 Å². The van der Waals surface area contributed by atoms with Gasteiger partial charge in [0.25, 0.3) is 0 Å². The van der Waals surface area contributed by atoms with Crippen molar-refractivity contribution in [1.82, 2.24) is 4.90 Å². The molecule has 0 radical (unpaired) electrons. The molecule has 0 saturated heterocycles. The molecule has 0 aromatic carbocycles. The van der Waals surface area contributed by atoms with E-state index in [1.54, 1.807) is 54.5 Å². The van der Waals surface area contributed by atoms with E-state index in [0.717, 1.165) is 25.7 Å². The lowest BCUT2D eigenvalue weighted by Crippen LogP contribution is -2.44. The van der Waals surface area contributed by atoms with E-state index in [2.05, 4.69) is 0 Å². The predicted molar refractivity (Wildman–Crippen MR) is 104 cm³/mol. The molecule has 0 aliphatic rings. The lowest BCUT2D eigenvalue weighted by atomic mass is 10.1. The SMILES string of the molecule is CO[Si](CCCC(CCC[Si](OC)(OC)OC)N(C)C(C)=O)(OC)OC. The van der Waals surface area contributed by atoms with Gasteiger partial charge >= 0.3 is 17.6 Å². The molecule has 0 atom stereocenters. The third-order valence-corrected chi connectivity index (χ3v) is 10.6. The molecule has 0 fully saturated rings. The monoisotopic (exact) mass is 411 g/mol. The molecular weight excluding hydrogens is 374 g/mol. The summed E-state index contributed by atoms with van der Waals surface area (Å²) >= 11 is 0. The Labute approximate surface area is 160 Å². The normalized spacial score (nSPS) is 12.7. The molecule has 0 aliphatic carbocycles. The largest absolute Gasteiger partial charge is 0.500 e. The van der Waals surface area contributed by atoms with Gasteiger partial charge in [-0.1, -0.05) is 0 Å². The van der Waals surface area contributed by atoms with Gasteiger partial charge < -0.3 is 31.5 Å². The maximum absolute atomic E-state index is 11.8. The standard InChI is InChI=1S/C16H37NO7Si2/c1-15(18)17(2)16(11-9-13-25(19-3,20-4)21-5)12-10-14-26(22-6,23-7)24-8/h16H,9-14H2,1-8H3. The molecule has 8 nitrogen and oxygen atoms in total. The fourth-order valence-corrected chi connectivity index (χ4v) is 6.51. The van der Waals surface area contributed by atoms with Crippen molar-refractivity contribution in [3.05, 3.63) is 0 Å². The Morgan fingerprint density at radius 2 is 1.08 bits per heavy atom. The fraction of sp³-hybridized carbons (Fsp3) is 0.938. The van der Waals surface area contributed by atoms with Crippen molar-refractivity contribution >= 4 is 23.5 Å². The highest BCUT2D eigenvalue weighted by Gasteiger charge is 2.38. The molecule has 0 heterocycles. The van der Waals surface area contributed by atoms with Crippen molar-refractivity contribution in [2.24, 2.45) is 0 Å². The van der Waals surface area contributed by atoms with Gasteiger partial charge in [0, 0.05) is 74.8 Å². The van der Waals surface area contributed by atoms with Gasteiger partial charge in [-0.3, -0.25) is 4.79 Å². The number of amides is 1. The summed E-state index contributed by atoms with van der Waals surface area (Å²) in [5, 5.41) is 0. The molecular formula is C16H37NO7Si2. The van der Waals surface area contributed by atoms with Gasteiger partial charge in [0.05, 0.1) is 0 Å². The van der Waals surface area contributed by atoms with Crippen molar-refractivity contribution in [3.63, 3.8) is 0 Å². The molecule has 10 heteroatoms. The number of carbonyl (C=O) groups is 1. The molecule has 0 unspecified atom stereocenters. The summed E-state index contributed by atoms with van der Waals surface area (Å²) in [7, 11) is 6.36. The van der Waals surface area contributed by atoms with E-state index in [9.17, 15) is 4.79 Å². The minimum Gasteiger partial charge on any atom is -0.377 e. The number of carbonyl (C=O) groups excluding carboxylic acids is 1. The lowest BCUT2D eigenvalue weighted by Gasteiger charge is -2.30. The zero-order valence-electron chi connectivity index (χ0n) is 17.6. The topological polar surface area (TPSA) is 75.7 Å². The van der Waals surface area contributed by atoms with E-state index in [1.807, 2.05) is 7.05 Å². The van der Waals surface area contributed by atoms with E-state index in [1.165, 1.54) is 0 Å². The number of nitrogens with zero attached hydrogens (tertiary/aromatic N) is 1. The van der Waals surface area contributed by atoms with Crippen LogP contribution in [0.25, 0.3) is 0 Å². The maximum atomic E-state index is 11.8. The van der Waals surface area contributed by atoms with E-state index in [0.29, 0.717) is 12.1 Å². The van der Waals surface area contributed by atoms with Crippen LogP contribution >= 0.6 is 0 Å². The minimum absolute atomic E-state index is 0.0532. The highest BCUT2D eigenvalue weighted by molar-refractivity contribution is 6.60. The lowest BCUT2D eigenvalue weighted by molar-refractivity contribution is -0.129. The van der Waals surface area contributed by atoms with Gasteiger partial charge in [0.1, 0.15) is 0 Å². The Kier molecular flexibility index (Phi) is 12.8. The third-order valence-electron chi connectivity index (χ3n) is 4.95. The number of hydrogen-bond donors (Lipinski definition) is 0. The van der Waals surface area contributed by atoms with Gasteiger partial charge in [-0.2, -0.15) is 0 Å². The zero-order valence-corrected chi connectivity index (χ0v) is 19.6. The average Bonchev–Trinajstić information content (AvgIpc) is 2.67. The van der Waals surface area contributed by atoms with Crippen molar-refractivity contribution in [3.8, 4) is 0 Å². The van der Waals surface area contributed by atoms with Gasteiger partial charge in [-0.15, -0.1) is 0 Å². The second kappa shape index (κ2) is 12.9. The van der Waals surface area contributed by atoms with Crippen LogP contribution in [0.2, 0.25) is 12.1 Å². The molecule has 0 rings (SSSR count). The molecule has 0 N–H and O–H groups in total.